The second kappa shape index (κ2) is 7.08. The van der Waals surface area contributed by atoms with Crippen molar-refractivity contribution < 1.29 is 19.7 Å². The number of aliphatic hydroxyl groups is 1. The SMILES string of the molecule is O=C(O)Cc1ccc(O[C@@H]2CN(Cc3cscn3)C[C@H]2O)cc1. The van der Waals surface area contributed by atoms with Gasteiger partial charge in [-0.1, -0.05) is 12.1 Å². The van der Waals surface area contributed by atoms with Gasteiger partial charge in [-0.2, -0.15) is 0 Å². The highest BCUT2D eigenvalue weighted by molar-refractivity contribution is 7.07. The Kier molecular flexibility index (Phi) is 4.90. The van der Waals surface area contributed by atoms with Crippen LogP contribution in [-0.2, 0) is 17.8 Å². The molecular formula is C16H18N2O4S. The van der Waals surface area contributed by atoms with E-state index in [4.69, 9.17) is 9.84 Å². The molecule has 0 amide bonds. The molecule has 0 saturated carbocycles. The zero-order chi connectivity index (χ0) is 16.2. The van der Waals surface area contributed by atoms with Crippen molar-refractivity contribution in [3.8, 4) is 5.75 Å². The molecule has 2 atom stereocenters. The molecule has 2 heterocycles. The number of carbonyl (C=O) groups is 1. The third-order valence-electron chi connectivity index (χ3n) is 3.75. The van der Waals surface area contributed by atoms with Gasteiger partial charge in [-0.15, -0.1) is 11.3 Å². The Morgan fingerprint density at radius 3 is 2.78 bits per heavy atom. The van der Waals surface area contributed by atoms with E-state index in [9.17, 15) is 9.90 Å². The molecule has 1 aromatic carbocycles. The lowest BCUT2D eigenvalue weighted by molar-refractivity contribution is -0.136. The van der Waals surface area contributed by atoms with Crippen LogP contribution in [-0.4, -0.2) is 51.4 Å². The van der Waals surface area contributed by atoms with Crippen LogP contribution >= 0.6 is 11.3 Å². The molecule has 0 radical (unpaired) electrons. The molecule has 0 aliphatic carbocycles. The minimum absolute atomic E-state index is 0.00620. The Hall–Kier alpha value is -1.96. The number of hydrogen-bond acceptors (Lipinski definition) is 6. The first-order valence-electron chi connectivity index (χ1n) is 7.35. The van der Waals surface area contributed by atoms with Crippen molar-refractivity contribution in [3.63, 3.8) is 0 Å². The van der Waals surface area contributed by atoms with Crippen LogP contribution in [0.5, 0.6) is 5.75 Å². The Bertz CT molecular complexity index is 645. The van der Waals surface area contributed by atoms with Gasteiger partial charge in [0, 0.05) is 25.0 Å². The lowest BCUT2D eigenvalue weighted by Gasteiger charge is -2.17. The standard InChI is InChI=1S/C16H18N2O4S/c19-14-7-18(6-12-9-23-10-17-12)8-15(14)22-13-3-1-11(2-4-13)5-16(20)21/h1-4,9-10,14-15,19H,5-8H2,(H,20,21)/t14-,15-/m1/s1. The summed E-state index contributed by atoms with van der Waals surface area (Å²) in [6, 6.07) is 6.96. The Labute approximate surface area is 138 Å². The summed E-state index contributed by atoms with van der Waals surface area (Å²) in [6.45, 7) is 1.90. The molecule has 7 heteroatoms. The molecule has 23 heavy (non-hydrogen) atoms. The zero-order valence-electron chi connectivity index (χ0n) is 12.5. The Balaban J connectivity index is 1.56. The molecule has 3 rings (SSSR count). The highest BCUT2D eigenvalue weighted by atomic mass is 32.1. The summed E-state index contributed by atoms with van der Waals surface area (Å²) in [4.78, 5) is 17.0. The number of aliphatic carboxylic acids is 1. The van der Waals surface area contributed by atoms with Crippen LogP contribution in [0.15, 0.2) is 35.2 Å². The zero-order valence-corrected chi connectivity index (χ0v) is 13.3. The number of carboxylic acid groups (broad SMARTS) is 1. The maximum Gasteiger partial charge on any atom is 0.307 e. The second-order valence-corrected chi connectivity index (χ2v) is 6.33. The van der Waals surface area contributed by atoms with E-state index < -0.39 is 12.1 Å². The summed E-state index contributed by atoms with van der Waals surface area (Å²) < 4.78 is 5.84. The molecular weight excluding hydrogens is 316 g/mol. The number of likely N-dealkylation sites (tertiary alicyclic amines) is 1. The minimum atomic E-state index is -0.859. The normalized spacial score (nSPS) is 21.4. The third kappa shape index (κ3) is 4.28. The molecule has 2 N–H and O–H groups in total. The summed E-state index contributed by atoms with van der Waals surface area (Å²) >= 11 is 1.56. The molecule has 1 fully saturated rings. The fourth-order valence-corrected chi connectivity index (χ4v) is 3.21. The van der Waals surface area contributed by atoms with Crippen molar-refractivity contribution >= 4 is 17.3 Å². The number of rotatable bonds is 6. The van der Waals surface area contributed by atoms with Crippen molar-refractivity contribution in [1.82, 2.24) is 9.88 Å². The van der Waals surface area contributed by atoms with Gasteiger partial charge in [0.25, 0.3) is 0 Å². The summed E-state index contributed by atoms with van der Waals surface area (Å²) in [5, 5.41) is 20.9. The van der Waals surface area contributed by atoms with Gasteiger partial charge in [0.05, 0.1) is 17.6 Å². The number of ether oxygens (including phenoxy) is 1. The molecule has 1 aliphatic rings. The van der Waals surface area contributed by atoms with Crippen molar-refractivity contribution in [1.29, 1.82) is 0 Å². The molecule has 1 saturated heterocycles. The average Bonchev–Trinajstić information content (AvgIpc) is 3.12. The van der Waals surface area contributed by atoms with Gasteiger partial charge >= 0.3 is 5.97 Å². The number of hydrogen-bond donors (Lipinski definition) is 2. The molecule has 0 bridgehead atoms. The summed E-state index contributed by atoms with van der Waals surface area (Å²) in [5.74, 6) is -0.221. The van der Waals surface area contributed by atoms with E-state index >= 15 is 0 Å². The van der Waals surface area contributed by atoms with Gasteiger partial charge < -0.3 is 14.9 Å². The topological polar surface area (TPSA) is 82.9 Å². The van der Waals surface area contributed by atoms with E-state index in [0.29, 0.717) is 25.4 Å². The average molecular weight is 334 g/mol. The van der Waals surface area contributed by atoms with Gasteiger partial charge in [0.1, 0.15) is 18.0 Å². The summed E-state index contributed by atoms with van der Waals surface area (Å²) in [5.41, 5.74) is 3.52. The van der Waals surface area contributed by atoms with Crippen LogP contribution in [0.1, 0.15) is 11.3 Å². The van der Waals surface area contributed by atoms with Crippen LogP contribution in [0.25, 0.3) is 0 Å². The van der Waals surface area contributed by atoms with E-state index in [-0.39, 0.29) is 12.5 Å². The Morgan fingerprint density at radius 1 is 1.35 bits per heavy atom. The van der Waals surface area contributed by atoms with E-state index in [1.165, 1.54) is 0 Å². The van der Waals surface area contributed by atoms with Gasteiger partial charge in [-0.25, -0.2) is 4.98 Å². The molecule has 1 aromatic heterocycles. The van der Waals surface area contributed by atoms with E-state index in [0.717, 1.165) is 11.3 Å². The largest absolute Gasteiger partial charge is 0.486 e. The first kappa shape index (κ1) is 15.9. The van der Waals surface area contributed by atoms with Crippen molar-refractivity contribution in [2.45, 2.75) is 25.2 Å². The van der Waals surface area contributed by atoms with Crippen LogP contribution < -0.4 is 4.74 Å². The Morgan fingerprint density at radius 2 is 2.13 bits per heavy atom. The van der Waals surface area contributed by atoms with Crippen molar-refractivity contribution in [3.05, 3.63) is 46.4 Å². The van der Waals surface area contributed by atoms with Gasteiger partial charge in [-0.05, 0) is 17.7 Å². The first-order chi connectivity index (χ1) is 11.1. The third-order valence-corrected chi connectivity index (χ3v) is 4.38. The second-order valence-electron chi connectivity index (χ2n) is 5.61. The number of benzene rings is 1. The molecule has 122 valence electrons. The van der Waals surface area contributed by atoms with Gasteiger partial charge in [0.15, 0.2) is 0 Å². The van der Waals surface area contributed by atoms with Crippen molar-refractivity contribution in [2.75, 3.05) is 13.1 Å². The summed E-state index contributed by atoms with van der Waals surface area (Å²) in [6.07, 6.45) is -0.848. The highest BCUT2D eigenvalue weighted by Crippen LogP contribution is 2.21. The monoisotopic (exact) mass is 334 g/mol. The highest BCUT2D eigenvalue weighted by Gasteiger charge is 2.33. The summed E-state index contributed by atoms with van der Waals surface area (Å²) in [7, 11) is 0. The molecule has 2 aromatic rings. The fourth-order valence-electron chi connectivity index (χ4n) is 2.66. The van der Waals surface area contributed by atoms with E-state index in [1.54, 1.807) is 41.1 Å². The predicted octanol–water partition coefficient (Wildman–Crippen LogP) is 1.39. The maximum absolute atomic E-state index is 10.7. The lowest BCUT2D eigenvalue weighted by atomic mass is 10.1. The quantitative estimate of drug-likeness (QED) is 0.831. The van der Waals surface area contributed by atoms with Crippen LogP contribution in [0.2, 0.25) is 0 Å². The van der Waals surface area contributed by atoms with Crippen LogP contribution in [0.3, 0.4) is 0 Å². The van der Waals surface area contributed by atoms with Gasteiger partial charge in [-0.3, -0.25) is 9.69 Å². The predicted molar refractivity (Wildman–Crippen MR) is 85.6 cm³/mol. The minimum Gasteiger partial charge on any atom is -0.486 e. The number of aromatic nitrogens is 1. The van der Waals surface area contributed by atoms with Crippen LogP contribution in [0, 0.1) is 0 Å². The molecule has 0 unspecified atom stereocenters. The number of β-amino-alcohol motifs (C(OH)–C–C–N with tert-alkyl or cyclic N) is 1. The van der Waals surface area contributed by atoms with Crippen LogP contribution in [0.4, 0.5) is 0 Å². The lowest BCUT2D eigenvalue weighted by Crippen LogP contribution is -2.29. The maximum atomic E-state index is 10.7. The van der Waals surface area contributed by atoms with E-state index in [2.05, 4.69) is 9.88 Å². The molecule has 1 aliphatic heterocycles. The molecule has 6 nitrogen and oxygen atoms in total. The number of thiazole rings is 1. The number of carboxylic acids is 1. The fraction of sp³-hybridized carbons (Fsp3) is 0.375. The number of aliphatic hydroxyl groups excluding tert-OH is 1. The smallest absolute Gasteiger partial charge is 0.307 e. The van der Waals surface area contributed by atoms with Gasteiger partial charge in [0.2, 0.25) is 0 Å². The van der Waals surface area contributed by atoms with E-state index in [1.807, 2.05) is 5.38 Å². The number of nitrogens with zero attached hydrogens (tertiary/aromatic N) is 2. The van der Waals surface area contributed by atoms with Crippen molar-refractivity contribution in [2.24, 2.45) is 0 Å². The first-order valence-corrected chi connectivity index (χ1v) is 8.29. The molecule has 0 spiro atoms.